The van der Waals surface area contributed by atoms with Gasteiger partial charge in [-0.3, -0.25) is 5.41 Å². The second-order valence-corrected chi connectivity index (χ2v) is 3.24. The summed E-state index contributed by atoms with van der Waals surface area (Å²) in [5.41, 5.74) is 5.21. The lowest BCUT2D eigenvalue weighted by Crippen LogP contribution is -2.25. The van der Waals surface area contributed by atoms with Gasteiger partial charge in [-0.05, 0) is 12.1 Å². The van der Waals surface area contributed by atoms with Crippen molar-refractivity contribution in [2.45, 2.75) is 6.92 Å². The van der Waals surface area contributed by atoms with Crippen molar-refractivity contribution in [2.75, 3.05) is 6.61 Å². The van der Waals surface area contributed by atoms with E-state index in [0.717, 1.165) is 12.1 Å². The number of nitrogens with two attached hydrogens (primary N) is 1. The summed E-state index contributed by atoms with van der Waals surface area (Å²) in [6, 6.07) is 3.06. The molecule has 82 valence electrons. The summed E-state index contributed by atoms with van der Waals surface area (Å²) in [6.07, 6.45) is 0. The molecule has 0 saturated heterocycles. The van der Waals surface area contributed by atoms with Crippen LogP contribution in [0, 0.1) is 23.0 Å². The monoisotopic (exact) mass is 214 g/mol. The van der Waals surface area contributed by atoms with Gasteiger partial charge in [0.1, 0.15) is 5.82 Å². The molecule has 0 spiro atoms. The van der Waals surface area contributed by atoms with Gasteiger partial charge < -0.3 is 10.5 Å². The molecule has 0 amide bonds. The van der Waals surface area contributed by atoms with Crippen molar-refractivity contribution in [2.24, 2.45) is 11.7 Å². The van der Waals surface area contributed by atoms with Crippen LogP contribution in [0.25, 0.3) is 0 Å². The molecule has 0 bridgehead atoms. The van der Waals surface area contributed by atoms with Gasteiger partial charge in [-0.1, -0.05) is 6.92 Å². The SMILES string of the molecule is CC(COc1ccc(F)cc1F)C(=N)N. The highest BCUT2D eigenvalue weighted by molar-refractivity contribution is 5.79. The Morgan fingerprint density at radius 2 is 2.20 bits per heavy atom. The summed E-state index contributed by atoms with van der Waals surface area (Å²) in [7, 11) is 0. The first-order valence-electron chi connectivity index (χ1n) is 4.42. The number of benzene rings is 1. The fraction of sp³-hybridized carbons (Fsp3) is 0.300. The van der Waals surface area contributed by atoms with Crippen LogP contribution in [0.5, 0.6) is 5.75 Å². The lowest BCUT2D eigenvalue weighted by molar-refractivity contribution is 0.277. The summed E-state index contributed by atoms with van der Waals surface area (Å²) in [6.45, 7) is 1.78. The molecular weight excluding hydrogens is 202 g/mol. The second-order valence-electron chi connectivity index (χ2n) is 3.24. The van der Waals surface area contributed by atoms with Crippen LogP contribution in [-0.4, -0.2) is 12.4 Å². The smallest absolute Gasteiger partial charge is 0.167 e. The van der Waals surface area contributed by atoms with Gasteiger partial charge in [0.05, 0.1) is 12.4 Å². The van der Waals surface area contributed by atoms with Crippen LogP contribution >= 0.6 is 0 Å². The maximum Gasteiger partial charge on any atom is 0.167 e. The maximum absolute atomic E-state index is 13.1. The number of hydrogen-bond acceptors (Lipinski definition) is 2. The molecule has 0 aliphatic rings. The Kier molecular flexibility index (Phi) is 3.60. The third-order valence-electron chi connectivity index (χ3n) is 1.91. The van der Waals surface area contributed by atoms with E-state index in [0.29, 0.717) is 0 Å². The molecule has 15 heavy (non-hydrogen) atoms. The van der Waals surface area contributed by atoms with Crippen LogP contribution in [0.2, 0.25) is 0 Å². The van der Waals surface area contributed by atoms with E-state index in [-0.39, 0.29) is 24.1 Å². The molecule has 1 aromatic rings. The van der Waals surface area contributed by atoms with Gasteiger partial charge in [0.2, 0.25) is 0 Å². The normalized spacial score (nSPS) is 12.2. The Hall–Kier alpha value is -1.65. The Morgan fingerprint density at radius 3 is 2.73 bits per heavy atom. The lowest BCUT2D eigenvalue weighted by atomic mass is 10.2. The van der Waals surface area contributed by atoms with Gasteiger partial charge >= 0.3 is 0 Å². The second kappa shape index (κ2) is 4.72. The zero-order valence-corrected chi connectivity index (χ0v) is 8.26. The highest BCUT2D eigenvalue weighted by Crippen LogP contribution is 2.18. The highest BCUT2D eigenvalue weighted by atomic mass is 19.1. The predicted octanol–water partition coefficient (Wildman–Crippen LogP) is 1.92. The minimum atomic E-state index is -0.759. The molecule has 0 radical (unpaired) electrons. The maximum atomic E-state index is 13.1. The van der Waals surface area contributed by atoms with E-state index < -0.39 is 11.6 Å². The van der Waals surface area contributed by atoms with Crippen LogP contribution in [0.3, 0.4) is 0 Å². The Morgan fingerprint density at radius 1 is 1.53 bits per heavy atom. The number of hydrogen-bond donors (Lipinski definition) is 2. The summed E-state index contributed by atoms with van der Waals surface area (Å²) in [5, 5.41) is 7.10. The molecule has 1 atom stereocenters. The Labute approximate surface area is 86.4 Å². The largest absolute Gasteiger partial charge is 0.490 e. The zero-order valence-electron chi connectivity index (χ0n) is 8.26. The molecule has 5 heteroatoms. The van der Waals surface area contributed by atoms with E-state index in [1.54, 1.807) is 6.92 Å². The number of ether oxygens (including phenoxy) is 1. The number of nitrogens with one attached hydrogen (secondary N) is 1. The predicted molar refractivity (Wildman–Crippen MR) is 52.9 cm³/mol. The molecule has 0 aliphatic heterocycles. The molecule has 0 aromatic heterocycles. The summed E-state index contributed by atoms with van der Waals surface area (Å²) >= 11 is 0. The van der Waals surface area contributed by atoms with Gasteiger partial charge in [0, 0.05) is 12.0 Å². The molecule has 1 aromatic carbocycles. The topological polar surface area (TPSA) is 59.1 Å². The fourth-order valence-electron chi connectivity index (χ4n) is 0.897. The molecule has 1 rings (SSSR count). The number of halogens is 2. The molecule has 0 aliphatic carbocycles. The molecule has 3 N–H and O–H groups in total. The first-order chi connectivity index (χ1) is 7.00. The first kappa shape index (κ1) is 11.4. The van der Waals surface area contributed by atoms with E-state index >= 15 is 0 Å². The summed E-state index contributed by atoms with van der Waals surface area (Å²) in [5.74, 6) is -1.78. The van der Waals surface area contributed by atoms with Crippen molar-refractivity contribution in [3.63, 3.8) is 0 Å². The van der Waals surface area contributed by atoms with Gasteiger partial charge in [0.15, 0.2) is 11.6 Å². The van der Waals surface area contributed by atoms with E-state index in [1.165, 1.54) is 6.07 Å². The first-order valence-corrected chi connectivity index (χ1v) is 4.42. The molecule has 1 unspecified atom stereocenters. The summed E-state index contributed by atoms with van der Waals surface area (Å²) in [4.78, 5) is 0. The van der Waals surface area contributed by atoms with Crippen molar-refractivity contribution >= 4 is 5.84 Å². The van der Waals surface area contributed by atoms with E-state index in [2.05, 4.69) is 0 Å². The van der Waals surface area contributed by atoms with Crippen molar-refractivity contribution in [3.05, 3.63) is 29.8 Å². The summed E-state index contributed by atoms with van der Waals surface area (Å²) < 4.78 is 30.6. The van der Waals surface area contributed by atoms with Gasteiger partial charge in [-0.15, -0.1) is 0 Å². The average molecular weight is 214 g/mol. The lowest BCUT2D eigenvalue weighted by Gasteiger charge is -2.11. The molecule has 0 heterocycles. The Bertz CT molecular complexity index is 368. The quantitative estimate of drug-likeness (QED) is 0.594. The van der Waals surface area contributed by atoms with Crippen molar-refractivity contribution in [1.29, 1.82) is 5.41 Å². The zero-order chi connectivity index (χ0) is 11.4. The van der Waals surface area contributed by atoms with Crippen LogP contribution in [-0.2, 0) is 0 Å². The minimum Gasteiger partial charge on any atom is -0.490 e. The van der Waals surface area contributed by atoms with E-state index in [1.807, 2.05) is 0 Å². The highest BCUT2D eigenvalue weighted by Gasteiger charge is 2.09. The molecule has 3 nitrogen and oxygen atoms in total. The van der Waals surface area contributed by atoms with Crippen molar-refractivity contribution in [1.82, 2.24) is 0 Å². The van der Waals surface area contributed by atoms with Crippen LogP contribution in [0.4, 0.5) is 8.78 Å². The minimum absolute atomic E-state index is 0.0301. The van der Waals surface area contributed by atoms with Crippen LogP contribution in [0.1, 0.15) is 6.92 Å². The third-order valence-corrected chi connectivity index (χ3v) is 1.91. The standard InChI is InChI=1S/C10H12F2N2O/c1-6(10(13)14)5-15-9-3-2-7(11)4-8(9)12/h2-4,6H,5H2,1H3,(H3,13,14). The Balaban J connectivity index is 2.62. The van der Waals surface area contributed by atoms with E-state index in [9.17, 15) is 8.78 Å². The molecule has 0 saturated carbocycles. The van der Waals surface area contributed by atoms with E-state index in [4.69, 9.17) is 15.9 Å². The molecular formula is C10H12F2N2O. The van der Waals surface area contributed by atoms with Gasteiger partial charge in [0.25, 0.3) is 0 Å². The van der Waals surface area contributed by atoms with Crippen LogP contribution < -0.4 is 10.5 Å². The van der Waals surface area contributed by atoms with Crippen molar-refractivity contribution < 1.29 is 13.5 Å². The third kappa shape index (κ3) is 3.19. The van der Waals surface area contributed by atoms with Crippen LogP contribution in [0.15, 0.2) is 18.2 Å². The van der Waals surface area contributed by atoms with Gasteiger partial charge in [-0.25, -0.2) is 8.78 Å². The average Bonchev–Trinajstić information content (AvgIpc) is 2.15. The molecule has 0 fully saturated rings. The number of amidine groups is 1. The fourth-order valence-corrected chi connectivity index (χ4v) is 0.897. The van der Waals surface area contributed by atoms with Crippen molar-refractivity contribution in [3.8, 4) is 5.75 Å². The van der Waals surface area contributed by atoms with Gasteiger partial charge in [-0.2, -0.15) is 0 Å². The number of rotatable bonds is 4.